The van der Waals surface area contributed by atoms with E-state index in [-0.39, 0.29) is 23.6 Å². The van der Waals surface area contributed by atoms with Gasteiger partial charge in [-0.1, -0.05) is 6.08 Å². The quantitative estimate of drug-likeness (QED) is 0.510. The molecule has 1 fully saturated rings. The fraction of sp³-hybridized carbons (Fsp3) is 0.296. The number of nitrogens with one attached hydrogen (secondary N) is 1. The number of carbonyl (C=O) groups excluding carboxylic acids is 3. The van der Waals surface area contributed by atoms with E-state index in [2.05, 4.69) is 37.1 Å². The van der Waals surface area contributed by atoms with Gasteiger partial charge in [-0.05, 0) is 57.5 Å². The molecule has 186 valence electrons. The number of hydrogen-bond acceptors (Lipinski definition) is 7. The van der Waals surface area contributed by atoms with Gasteiger partial charge in [0.15, 0.2) is 11.5 Å². The van der Waals surface area contributed by atoms with Crippen LogP contribution >= 0.6 is 0 Å². The van der Waals surface area contributed by atoms with E-state index in [0.29, 0.717) is 22.8 Å². The molecule has 4 amide bonds. The molecule has 1 N–H and O–H groups in total. The lowest BCUT2D eigenvalue weighted by Crippen LogP contribution is -2.54. The smallest absolute Gasteiger partial charge is 0.335 e. The Morgan fingerprint density at radius 3 is 2.58 bits per heavy atom. The molecule has 0 aromatic heterocycles. The zero-order valence-corrected chi connectivity index (χ0v) is 20.8. The monoisotopic (exact) mass is 489 g/mol. The normalized spacial score (nSPS) is 19.3. The Balaban J connectivity index is 1.58. The summed E-state index contributed by atoms with van der Waals surface area (Å²) in [6.07, 6.45) is 3.66. The van der Waals surface area contributed by atoms with Gasteiger partial charge in [-0.3, -0.25) is 14.9 Å². The van der Waals surface area contributed by atoms with Gasteiger partial charge >= 0.3 is 6.03 Å². The molecule has 3 aliphatic rings. The number of allylic oxidation sites excluding steroid dienone is 1. The Morgan fingerprint density at radius 2 is 1.86 bits per heavy atom. The molecule has 2 aromatic rings. The molecule has 0 spiro atoms. The van der Waals surface area contributed by atoms with Crippen LogP contribution in [0.5, 0.6) is 17.2 Å². The van der Waals surface area contributed by atoms with Crippen LogP contribution in [0, 0.1) is 0 Å². The van der Waals surface area contributed by atoms with Crippen LogP contribution in [0.4, 0.5) is 16.2 Å². The van der Waals surface area contributed by atoms with Crippen molar-refractivity contribution >= 4 is 40.9 Å². The maximum Gasteiger partial charge on any atom is 0.335 e. The van der Waals surface area contributed by atoms with E-state index < -0.39 is 17.8 Å². The number of hydrogen-bond donors (Lipinski definition) is 1. The van der Waals surface area contributed by atoms with Gasteiger partial charge in [0.05, 0.1) is 18.3 Å². The fourth-order valence-electron chi connectivity index (χ4n) is 5.06. The highest BCUT2D eigenvalue weighted by Gasteiger charge is 2.38. The summed E-state index contributed by atoms with van der Waals surface area (Å²) in [5.41, 5.74) is 3.53. The second-order valence-electron chi connectivity index (χ2n) is 9.33. The van der Waals surface area contributed by atoms with Gasteiger partial charge in [0.2, 0.25) is 6.79 Å². The lowest BCUT2D eigenvalue weighted by molar-refractivity contribution is -0.122. The summed E-state index contributed by atoms with van der Waals surface area (Å²) in [4.78, 5) is 42.0. The summed E-state index contributed by atoms with van der Waals surface area (Å²) in [5.74, 6) is -0.0758. The largest absolute Gasteiger partial charge is 0.496 e. The minimum absolute atomic E-state index is 0.0567. The number of ether oxygens (including phenoxy) is 3. The van der Waals surface area contributed by atoms with Gasteiger partial charge < -0.3 is 19.1 Å². The van der Waals surface area contributed by atoms with Gasteiger partial charge in [-0.15, -0.1) is 0 Å². The van der Waals surface area contributed by atoms with Gasteiger partial charge in [0.25, 0.3) is 11.8 Å². The summed E-state index contributed by atoms with van der Waals surface area (Å²) in [5, 5.41) is 2.26. The highest BCUT2D eigenvalue weighted by atomic mass is 16.7. The van der Waals surface area contributed by atoms with E-state index in [9.17, 15) is 14.4 Å². The average Bonchev–Trinajstić information content (AvgIpc) is 3.29. The molecule has 0 saturated carbocycles. The first-order valence-corrected chi connectivity index (χ1v) is 11.6. The van der Waals surface area contributed by atoms with Crippen LogP contribution in [0.3, 0.4) is 0 Å². The maximum absolute atomic E-state index is 13.4. The van der Waals surface area contributed by atoms with Crippen molar-refractivity contribution in [3.05, 3.63) is 53.1 Å². The summed E-state index contributed by atoms with van der Waals surface area (Å²) >= 11 is 0. The van der Waals surface area contributed by atoms with Gasteiger partial charge in [-0.25, -0.2) is 9.69 Å². The third-order valence-electron chi connectivity index (χ3n) is 6.66. The zero-order chi connectivity index (χ0) is 25.8. The molecular formula is C27H27N3O6. The average molecular weight is 490 g/mol. The summed E-state index contributed by atoms with van der Waals surface area (Å²) in [6.45, 7) is 9.28. The molecule has 3 aliphatic heterocycles. The number of rotatable bonds is 4. The van der Waals surface area contributed by atoms with Crippen LogP contribution in [0.25, 0.3) is 11.6 Å². The molecule has 0 unspecified atom stereocenters. The Bertz CT molecular complexity index is 1370. The third kappa shape index (κ3) is 3.67. The first kappa shape index (κ1) is 23.5. The number of nitrogens with zero attached hydrogens (tertiary/aromatic N) is 2. The van der Waals surface area contributed by atoms with Crippen molar-refractivity contribution in [3.63, 3.8) is 0 Å². The van der Waals surface area contributed by atoms with Gasteiger partial charge in [-0.2, -0.15) is 0 Å². The number of imide groups is 2. The van der Waals surface area contributed by atoms with Crippen LogP contribution in [0.1, 0.15) is 38.8 Å². The van der Waals surface area contributed by atoms with E-state index in [1.165, 1.54) is 12.1 Å². The van der Waals surface area contributed by atoms with Crippen molar-refractivity contribution in [2.75, 3.05) is 30.2 Å². The number of methoxy groups -OCH3 is 1. The Labute approximate surface area is 208 Å². The molecule has 0 radical (unpaired) electrons. The summed E-state index contributed by atoms with van der Waals surface area (Å²) in [7, 11) is 1.54. The number of benzene rings is 2. The Hall–Kier alpha value is -4.27. The lowest BCUT2D eigenvalue weighted by atomic mass is 9.87. The molecule has 2 aromatic carbocycles. The van der Waals surface area contributed by atoms with Crippen molar-refractivity contribution in [2.24, 2.45) is 0 Å². The van der Waals surface area contributed by atoms with E-state index in [1.54, 1.807) is 19.2 Å². The number of fused-ring (bicyclic) bond motifs is 2. The topological polar surface area (TPSA) is 97.4 Å². The highest BCUT2D eigenvalue weighted by Crippen LogP contribution is 2.43. The van der Waals surface area contributed by atoms with Crippen molar-refractivity contribution in [2.45, 2.75) is 33.2 Å². The van der Waals surface area contributed by atoms with Crippen molar-refractivity contribution < 1.29 is 28.6 Å². The van der Waals surface area contributed by atoms with Crippen molar-refractivity contribution in [3.8, 4) is 17.2 Å². The molecule has 9 heteroatoms. The van der Waals surface area contributed by atoms with E-state index in [1.807, 2.05) is 19.1 Å². The number of amides is 4. The number of barbiturate groups is 1. The van der Waals surface area contributed by atoms with E-state index in [0.717, 1.165) is 28.3 Å². The molecule has 9 nitrogen and oxygen atoms in total. The molecule has 5 rings (SSSR count). The minimum Gasteiger partial charge on any atom is -0.496 e. The SMILES string of the molecule is CCN1c2cc(OC)c(/C=C3/C(=O)NC(=O)N(c4ccc5c(c4)OCO5)C3=O)cc2C(C)=CC1(C)C. The maximum atomic E-state index is 13.4. The molecule has 3 heterocycles. The molecule has 0 aliphatic carbocycles. The standard InChI is InChI=1S/C27H27N3O6/c1-6-29-20-12-22(34-5)16(9-18(20)15(2)13-27(29,3)4)10-19-24(31)28-26(33)30(25(19)32)17-7-8-21-23(11-17)36-14-35-21/h7-13H,6,14H2,1-5H3,(H,28,31,33)/b19-10-. The predicted octanol–water partition coefficient (Wildman–Crippen LogP) is 4.11. The third-order valence-corrected chi connectivity index (χ3v) is 6.66. The summed E-state index contributed by atoms with van der Waals surface area (Å²) in [6, 6.07) is 7.70. The molecule has 1 saturated heterocycles. The van der Waals surface area contributed by atoms with E-state index in [4.69, 9.17) is 14.2 Å². The van der Waals surface area contributed by atoms with Crippen molar-refractivity contribution in [1.29, 1.82) is 0 Å². The minimum atomic E-state index is -0.835. The second kappa shape index (κ2) is 8.44. The molecule has 0 bridgehead atoms. The van der Waals surface area contributed by atoms with Gasteiger partial charge in [0.1, 0.15) is 11.3 Å². The molecule has 36 heavy (non-hydrogen) atoms. The van der Waals surface area contributed by atoms with Crippen LogP contribution in [0.15, 0.2) is 42.0 Å². The predicted molar refractivity (Wildman–Crippen MR) is 135 cm³/mol. The number of anilines is 2. The van der Waals surface area contributed by atoms with Crippen LogP contribution in [0.2, 0.25) is 0 Å². The molecular weight excluding hydrogens is 462 g/mol. The number of likely N-dealkylation sites (N-methyl/N-ethyl adjacent to an activating group) is 1. The second-order valence-corrected chi connectivity index (χ2v) is 9.33. The highest BCUT2D eigenvalue weighted by molar-refractivity contribution is 6.39. The first-order valence-electron chi connectivity index (χ1n) is 11.6. The fourth-order valence-corrected chi connectivity index (χ4v) is 5.06. The van der Waals surface area contributed by atoms with Crippen LogP contribution in [-0.4, -0.2) is 43.8 Å². The van der Waals surface area contributed by atoms with Crippen LogP contribution < -0.4 is 29.3 Å². The van der Waals surface area contributed by atoms with Crippen molar-refractivity contribution in [1.82, 2.24) is 5.32 Å². The number of carbonyl (C=O) groups is 3. The first-order chi connectivity index (χ1) is 17.1. The van der Waals surface area contributed by atoms with Crippen LogP contribution in [-0.2, 0) is 9.59 Å². The lowest BCUT2D eigenvalue weighted by Gasteiger charge is -2.43. The number of urea groups is 1. The summed E-state index contributed by atoms with van der Waals surface area (Å²) < 4.78 is 16.3. The molecule has 0 atom stereocenters. The van der Waals surface area contributed by atoms with Gasteiger partial charge in [0, 0.05) is 35.5 Å². The zero-order valence-electron chi connectivity index (χ0n) is 20.8. The van der Waals surface area contributed by atoms with E-state index >= 15 is 0 Å². The Morgan fingerprint density at radius 1 is 1.11 bits per heavy atom. The Kier molecular flexibility index (Phi) is 5.50.